The van der Waals surface area contributed by atoms with E-state index in [4.69, 9.17) is 0 Å². The highest BCUT2D eigenvalue weighted by Gasteiger charge is 2.20. The van der Waals surface area contributed by atoms with E-state index in [9.17, 15) is 8.42 Å². The highest BCUT2D eigenvalue weighted by molar-refractivity contribution is 7.92. The predicted molar refractivity (Wildman–Crippen MR) is 57.8 cm³/mol. The van der Waals surface area contributed by atoms with Gasteiger partial charge in [-0.05, 0) is 18.1 Å². The summed E-state index contributed by atoms with van der Waals surface area (Å²) in [5.41, 5.74) is 3.13. The van der Waals surface area contributed by atoms with E-state index in [1.807, 2.05) is 37.3 Å². The summed E-state index contributed by atoms with van der Waals surface area (Å²) in [5, 5.41) is 0. The molecule has 3 heteroatoms. The van der Waals surface area contributed by atoms with Crippen LogP contribution in [-0.2, 0) is 9.84 Å². The summed E-state index contributed by atoms with van der Waals surface area (Å²) in [6, 6.07) is 7.94. The molecule has 1 aliphatic heterocycles. The van der Waals surface area contributed by atoms with Crippen LogP contribution >= 0.6 is 0 Å². The van der Waals surface area contributed by atoms with E-state index in [-0.39, 0.29) is 11.5 Å². The molecular formula is C11H12O2S. The molecule has 74 valence electrons. The summed E-state index contributed by atoms with van der Waals surface area (Å²) in [6.45, 7) is 2.01. The smallest absolute Gasteiger partial charge is 0.158 e. The molecule has 0 aromatic heterocycles. The first-order valence-electron chi connectivity index (χ1n) is 4.53. The van der Waals surface area contributed by atoms with Crippen molar-refractivity contribution in [1.82, 2.24) is 0 Å². The Morgan fingerprint density at radius 1 is 1.29 bits per heavy atom. The molecule has 0 bridgehead atoms. The van der Waals surface area contributed by atoms with Gasteiger partial charge in [-0.15, -0.1) is 0 Å². The van der Waals surface area contributed by atoms with Crippen LogP contribution in [0.15, 0.2) is 30.3 Å². The number of hydrogen-bond donors (Lipinski definition) is 0. The normalized spacial score (nSPS) is 19.4. The van der Waals surface area contributed by atoms with Crippen LogP contribution in [0.2, 0.25) is 0 Å². The largest absolute Gasteiger partial charge is 0.228 e. The Balaban J connectivity index is 2.35. The Bertz CT molecular complexity index is 484. The van der Waals surface area contributed by atoms with Gasteiger partial charge < -0.3 is 0 Å². The number of aryl methyl sites for hydroxylation is 1. The van der Waals surface area contributed by atoms with Crippen LogP contribution in [0.4, 0.5) is 0 Å². The Labute approximate surface area is 84.2 Å². The van der Waals surface area contributed by atoms with Crippen molar-refractivity contribution in [1.29, 1.82) is 0 Å². The van der Waals surface area contributed by atoms with E-state index in [2.05, 4.69) is 0 Å². The fraction of sp³-hybridized carbons (Fsp3) is 0.273. The van der Waals surface area contributed by atoms with Gasteiger partial charge in [-0.2, -0.15) is 0 Å². The third-order valence-electron chi connectivity index (χ3n) is 2.35. The Kier molecular flexibility index (Phi) is 2.19. The summed E-state index contributed by atoms with van der Waals surface area (Å²) >= 11 is 0. The maximum atomic E-state index is 11.2. The maximum Gasteiger partial charge on any atom is 0.158 e. The van der Waals surface area contributed by atoms with E-state index in [1.165, 1.54) is 0 Å². The molecule has 0 atom stereocenters. The Hall–Kier alpha value is -1.09. The van der Waals surface area contributed by atoms with Crippen LogP contribution in [0, 0.1) is 6.92 Å². The van der Waals surface area contributed by atoms with Crippen molar-refractivity contribution in [2.45, 2.75) is 6.92 Å². The third kappa shape index (κ3) is 1.87. The molecule has 0 fully saturated rings. The molecule has 0 spiro atoms. The van der Waals surface area contributed by atoms with Crippen molar-refractivity contribution in [2.24, 2.45) is 0 Å². The quantitative estimate of drug-likeness (QED) is 0.705. The van der Waals surface area contributed by atoms with Gasteiger partial charge in [0, 0.05) is 0 Å². The van der Waals surface area contributed by atoms with Crippen LogP contribution in [0.25, 0.3) is 5.57 Å². The number of rotatable bonds is 1. The third-order valence-corrected chi connectivity index (χ3v) is 3.77. The SMILES string of the molecule is Cc1cccc(C2=CCS(=O)(=O)C2)c1. The van der Waals surface area contributed by atoms with Gasteiger partial charge in [0.2, 0.25) is 0 Å². The standard InChI is InChI=1S/C11H12O2S/c1-9-3-2-4-10(7-9)11-5-6-14(12,13)8-11/h2-5,7H,6,8H2,1H3. The van der Waals surface area contributed by atoms with Crippen molar-refractivity contribution in [3.8, 4) is 0 Å². The van der Waals surface area contributed by atoms with Gasteiger partial charge in [0.05, 0.1) is 11.5 Å². The van der Waals surface area contributed by atoms with Crippen molar-refractivity contribution >= 4 is 15.4 Å². The van der Waals surface area contributed by atoms with E-state index in [0.717, 1.165) is 16.7 Å². The first-order valence-corrected chi connectivity index (χ1v) is 6.35. The molecule has 0 saturated heterocycles. The molecule has 0 saturated carbocycles. The second kappa shape index (κ2) is 3.24. The molecule has 1 aliphatic rings. The molecule has 0 radical (unpaired) electrons. The van der Waals surface area contributed by atoms with E-state index in [0.29, 0.717) is 0 Å². The lowest BCUT2D eigenvalue weighted by Gasteiger charge is -2.01. The van der Waals surface area contributed by atoms with Crippen molar-refractivity contribution in [3.05, 3.63) is 41.5 Å². The fourth-order valence-electron chi connectivity index (χ4n) is 1.63. The zero-order valence-corrected chi connectivity index (χ0v) is 8.84. The summed E-state index contributed by atoms with van der Waals surface area (Å²) in [4.78, 5) is 0. The monoisotopic (exact) mass is 208 g/mol. The van der Waals surface area contributed by atoms with Crippen LogP contribution in [0.1, 0.15) is 11.1 Å². The average Bonchev–Trinajstić information content (AvgIpc) is 2.46. The molecular weight excluding hydrogens is 196 g/mol. The molecule has 0 unspecified atom stereocenters. The number of sulfone groups is 1. The molecule has 1 aromatic rings. The van der Waals surface area contributed by atoms with Crippen LogP contribution in [-0.4, -0.2) is 19.9 Å². The molecule has 0 aliphatic carbocycles. The van der Waals surface area contributed by atoms with Gasteiger partial charge in [-0.1, -0.05) is 35.9 Å². The van der Waals surface area contributed by atoms with Crippen LogP contribution < -0.4 is 0 Å². The summed E-state index contributed by atoms with van der Waals surface area (Å²) in [5.74, 6) is 0.382. The first-order chi connectivity index (χ1) is 6.57. The van der Waals surface area contributed by atoms with E-state index in [1.54, 1.807) is 0 Å². The summed E-state index contributed by atoms with van der Waals surface area (Å²) < 4.78 is 22.5. The minimum Gasteiger partial charge on any atom is -0.228 e. The fourth-order valence-corrected chi connectivity index (χ4v) is 2.96. The van der Waals surface area contributed by atoms with Gasteiger partial charge in [0.1, 0.15) is 0 Å². The van der Waals surface area contributed by atoms with Crippen LogP contribution in [0.3, 0.4) is 0 Å². The summed E-state index contributed by atoms with van der Waals surface area (Å²) in [6.07, 6.45) is 1.81. The lowest BCUT2D eigenvalue weighted by atomic mass is 10.1. The maximum absolute atomic E-state index is 11.2. The van der Waals surface area contributed by atoms with Gasteiger partial charge in [-0.25, -0.2) is 8.42 Å². The number of hydrogen-bond acceptors (Lipinski definition) is 2. The van der Waals surface area contributed by atoms with Crippen molar-refractivity contribution in [3.63, 3.8) is 0 Å². The second-order valence-corrected chi connectivity index (χ2v) is 5.76. The minimum absolute atomic E-state index is 0.191. The highest BCUT2D eigenvalue weighted by Crippen LogP contribution is 2.22. The molecule has 1 heterocycles. The van der Waals surface area contributed by atoms with Gasteiger partial charge in [0.15, 0.2) is 9.84 Å². The molecule has 2 nitrogen and oxygen atoms in total. The molecule has 0 N–H and O–H groups in total. The molecule has 14 heavy (non-hydrogen) atoms. The van der Waals surface area contributed by atoms with Crippen molar-refractivity contribution < 1.29 is 8.42 Å². The van der Waals surface area contributed by atoms with Gasteiger partial charge >= 0.3 is 0 Å². The highest BCUT2D eigenvalue weighted by atomic mass is 32.2. The Morgan fingerprint density at radius 2 is 2.07 bits per heavy atom. The van der Waals surface area contributed by atoms with Gasteiger partial charge in [-0.3, -0.25) is 0 Å². The molecule has 2 rings (SSSR count). The summed E-state index contributed by atoms with van der Waals surface area (Å²) in [7, 11) is -2.85. The Morgan fingerprint density at radius 3 is 2.64 bits per heavy atom. The zero-order valence-electron chi connectivity index (χ0n) is 8.03. The van der Waals surface area contributed by atoms with E-state index >= 15 is 0 Å². The lowest BCUT2D eigenvalue weighted by Crippen LogP contribution is -2.02. The zero-order chi connectivity index (χ0) is 10.2. The molecule has 1 aromatic carbocycles. The topological polar surface area (TPSA) is 34.1 Å². The first kappa shape index (κ1) is 9.46. The molecule has 0 amide bonds. The van der Waals surface area contributed by atoms with Gasteiger partial charge in [0.25, 0.3) is 0 Å². The number of benzene rings is 1. The average molecular weight is 208 g/mol. The second-order valence-electron chi connectivity index (χ2n) is 3.65. The minimum atomic E-state index is -2.85. The predicted octanol–water partition coefficient (Wildman–Crippen LogP) is 1.81. The van der Waals surface area contributed by atoms with Crippen molar-refractivity contribution in [2.75, 3.05) is 11.5 Å². The van der Waals surface area contributed by atoms with Crippen LogP contribution in [0.5, 0.6) is 0 Å². The lowest BCUT2D eigenvalue weighted by molar-refractivity contribution is 0.603. The van der Waals surface area contributed by atoms with E-state index < -0.39 is 9.84 Å².